The standard InChI is InChI=1S/C33H36N2O6.ClH/c1-19(2)17-25-28(36)31(39)30(38)27-29(37)26(20(3)41-32(25)27)22-9-11-23(12-10-22)33(40)34-24-13-15-35(16-14-24)18-21-7-5-4-6-8-21;/h4-12,19,24,36,38-39H,13-18H2,1-3H3,(H,34,40);1H. The van der Waals surface area contributed by atoms with Gasteiger partial charge in [-0.3, -0.25) is 14.5 Å². The third kappa shape index (κ3) is 6.25. The molecule has 5 rings (SSSR count). The Morgan fingerprint density at radius 1 is 0.976 bits per heavy atom. The Bertz CT molecular complexity index is 1630. The zero-order valence-corrected chi connectivity index (χ0v) is 24.8. The van der Waals surface area contributed by atoms with Crippen molar-refractivity contribution < 1.29 is 24.5 Å². The molecule has 1 fully saturated rings. The lowest BCUT2D eigenvalue weighted by Gasteiger charge is -2.32. The third-order valence-electron chi connectivity index (χ3n) is 7.75. The number of carbonyl (C=O) groups excluding carboxylic acids is 1. The smallest absolute Gasteiger partial charge is 0.251 e. The number of fused-ring (bicyclic) bond motifs is 1. The van der Waals surface area contributed by atoms with Crippen LogP contribution in [0.25, 0.3) is 22.1 Å². The second-order valence-corrected chi connectivity index (χ2v) is 11.3. The van der Waals surface area contributed by atoms with Crippen molar-refractivity contribution >= 4 is 29.3 Å². The molecule has 0 unspecified atom stereocenters. The lowest BCUT2D eigenvalue weighted by molar-refractivity contribution is 0.0909. The largest absolute Gasteiger partial charge is 0.504 e. The van der Waals surface area contributed by atoms with Gasteiger partial charge in [-0.05, 0) is 55.4 Å². The van der Waals surface area contributed by atoms with Crippen molar-refractivity contribution in [3.63, 3.8) is 0 Å². The summed E-state index contributed by atoms with van der Waals surface area (Å²) in [5.41, 5.74) is 2.30. The van der Waals surface area contributed by atoms with Gasteiger partial charge in [0.05, 0.1) is 5.56 Å². The molecule has 1 amide bonds. The number of phenolic OH excluding ortho intramolecular Hbond substituents is 3. The van der Waals surface area contributed by atoms with E-state index in [4.69, 9.17) is 4.42 Å². The number of amides is 1. The quantitative estimate of drug-likeness (QED) is 0.197. The van der Waals surface area contributed by atoms with E-state index in [2.05, 4.69) is 22.3 Å². The predicted molar refractivity (Wildman–Crippen MR) is 166 cm³/mol. The van der Waals surface area contributed by atoms with Crippen molar-refractivity contribution in [2.75, 3.05) is 13.1 Å². The predicted octanol–water partition coefficient (Wildman–Crippen LogP) is 5.90. The molecular formula is C33H37ClN2O6. The monoisotopic (exact) mass is 592 g/mol. The minimum Gasteiger partial charge on any atom is -0.504 e. The molecule has 8 nitrogen and oxygen atoms in total. The fourth-order valence-corrected chi connectivity index (χ4v) is 5.62. The first-order valence-corrected chi connectivity index (χ1v) is 14.0. The highest BCUT2D eigenvalue weighted by Crippen LogP contribution is 2.45. The topological polar surface area (TPSA) is 123 Å². The average Bonchev–Trinajstić information content (AvgIpc) is 2.95. The first-order chi connectivity index (χ1) is 19.6. The zero-order valence-electron chi connectivity index (χ0n) is 24.0. The summed E-state index contributed by atoms with van der Waals surface area (Å²) in [5.74, 6) is -1.72. The Morgan fingerprint density at radius 3 is 2.24 bits per heavy atom. The fourth-order valence-electron chi connectivity index (χ4n) is 5.62. The molecule has 2 heterocycles. The summed E-state index contributed by atoms with van der Waals surface area (Å²) in [4.78, 5) is 29.0. The number of carbonyl (C=O) groups is 1. The first kappa shape index (κ1) is 30.9. The minimum atomic E-state index is -0.742. The number of nitrogens with one attached hydrogen (secondary N) is 1. The van der Waals surface area contributed by atoms with Crippen molar-refractivity contribution in [1.29, 1.82) is 0 Å². The zero-order chi connectivity index (χ0) is 29.3. The van der Waals surface area contributed by atoms with Gasteiger partial charge in [-0.15, -0.1) is 12.4 Å². The number of likely N-dealkylation sites (tertiary alicyclic amines) is 1. The van der Waals surface area contributed by atoms with Gasteiger partial charge in [0, 0.05) is 36.8 Å². The summed E-state index contributed by atoms with van der Waals surface area (Å²) in [5, 5.41) is 34.3. The second-order valence-electron chi connectivity index (χ2n) is 11.3. The van der Waals surface area contributed by atoms with Crippen LogP contribution in [0.1, 0.15) is 53.9 Å². The van der Waals surface area contributed by atoms with Crippen LogP contribution in [-0.4, -0.2) is 45.3 Å². The molecule has 1 aliphatic rings. The summed E-state index contributed by atoms with van der Waals surface area (Å²) in [6, 6.07) is 17.1. The number of hydrogen-bond acceptors (Lipinski definition) is 7. The van der Waals surface area contributed by atoms with Crippen molar-refractivity contribution in [3.8, 4) is 28.4 Å². The van der Waals surface area contributed by atoms with E-state index in [9.17, 15) is 24.9 Å². The summed E-state index contributed by atoms with van der Waals surface area (Å²) >= 11 is 0. The summed E-state index contributed by atoms with van der Waals surface area (Å²) in [6.45, 7) is 8.23. The van der Waals surface area contributed by atoms with Crippen molar-refractivity contribution in [2.45, 2.75) is 52.6 Å². The molecule has 0 bridgehead atoms. The Labute approximate surface area is 251 Å². The average molecular weight is 593 g/mol. The molecule has 4 aromatic rings. The molecule has 1 aromatic heterocycles. The maximum Gasteiger partial charge on any atom is 0.251 e. The van der Waals surface area contributed by atoms with Gasteiger partial charge in [-0.1, -0.05) is 56.3 Å². The van der Waals surface area contributed by atoms with Crippen LogP contribution in [0.3, 0.4) is 0 Å². The molecule has 0 atom stereocenters. The summed E-state index contributed by atoms with van der Waals surface area (Å²) in [7, 11) is 0. The first-order valence-electron chi connectivity index (χ1n) is 14.0. The molecule has 9 heteroatoms. The maximum atomic E-state index is 13.6. The number of nitrogens with zero attached hydrogens (tertiary/aromatic N) is 1. The van der Waals surface area contributed by atoms with Gasteiger partial charge in [0.1, 0.15) is 16.7 Å². The number of rotatable bonds is 7. The lowest BCUT2D eigenvalue weighted by atomic mass is 9.95. The Hall–Kier alpha value is -4.01. The SMILES string of the molecule is Cc1oc2c(CC(C)C)c(O)c(O)c(O)c2c(=O)c1-c1ccc(C(=O)NC2CCN(Cc3ccccc3)CC2)cc1.Cl. The van der Waals surface area contributed by atoms with Crippen LogP contribution in [0.2, 0.25) is 0 Å². The molecule has 0 spiro atoms. The molecule has 0 radical (unpaired) electrons. The molecule has 0 saturated carbocycles. The van der Waals surface area contributed by atoms with E-state index in [1.54, 1.807) is 31.2 Å². The molecule has 3 aromatic carbocycles. The Morgan fingerprint density at radius 2 is 1.62 bits per heavy atom. The van der Waals surface area contributed by atoms with Gasteiger partial charge in [-0.2, -0.15) is 0 Å². The van der Waals surface area contributed by atoms with Crippen LogP contribution in [0.5, 0.6) is 17.2 Å². The van der Waals surface area contributed by atoms with E-state index < -0.39 is 22.7 Å². The highest BCUT2D eigenvalue weighted by Gasteiger charge is 2.26. The van der Waals surface area contributed by atoms with Gasteiger partial charge in [0.2, 0.25) is 11.2 Å². The second kappa shape index (κ2) is 12.9. The lowest BCUT2D eigenvalue weighted by Crippen LogP contribution is -2.44. The molecule has 1 aliphatic heterocycles. The van der Waals surface area contributed by atoms with Crippen LogP contribution in [0, 0.1) is 12.8 Å². The van der Waals surface area contributed by atoms with E-state index in [0.29, 0.717) is 23.3 Å². The number of piperidine rings is 1. The van der Waals surface area contributed by atoms with E-state index >= 15 is 0 Å². The van der Waals surface area contributed by atoms with E-state index in [0.717, 1.165) is 32.5 Å². The maximum absolute atomic E-state index is 13.6. The fraction of sp³-hybridized carbons (Fsp3) is 0.333. The molecule has 222 valence electrons. The van der Waals surface area contributed by atoms with Gasteiger partial charge in [-0.25, -0.2) is 0 Å². The van der Waals surface area contributed by atoms with Gasteiger partial charge in [0.15, 0.2) is 11.5 Å². The Balaban J connectivity index is 0.00000405. The molecule has 0 aliphatic carbocycles. The Kier molecular flexibility index (Phi) is 9.49. The van der Waals surface area contributed by atoms with E-state index in [-0.39, 0.29) is 52.4 Å². The third-order valence-corrected chi connectivity index (χ3v) is 7.75. The molecule has 42 heavy (non-hydrogen) atoms. The van der Waals surface area contributed by atoms with Gasteiger partial charge >= 0.3 is 0 Å². The van der Waals surface area contributed by atoms with Crippen LogP contribution in [0.15, 0.2) is 63.8 Å². The minimum absolute atomic E-state index is 0. The van der Waals surface area contributed by atoms with Crippen molar-refractivity contribution in [3.05, 3.63) is 87.3 Å². The van der Waals surface area contributed by atoms with Crippen LogP contribution in [-0.2, 0) is 13.0 Å². The van der Waals surface area contributed by atoms with Crippen LogP contribution in [0.4, 0.5) is 0 Å². The number of aromatic hydroxyl groups is 3. The van der Waals surface area contributed by atoms with Crippen LogP contribution >= 0.6 is 12.4 Å². The van der Waals surface area contributed by atoms with E-state index in [1.807, 2.05) is 32.0 Å². The summed E-state index contributed by atoms with van der Waals surface area (Å²) in [6.07, 6.45) is 2.09. The molecular weight excluding hydrogens is 556 g/mol. The highest BCUT2D eigenvalue weighted by atomic mass is 35.5. The van der Waals surface area contributed by atoms with Gasteiger partial charge in [0.25, 0.3) is 5.91 Å². The number of benzene rings is 3. The van der Waals surface area contributed by atoms with E-state index in [1.165, 1.54) is 5.56 Å². The number of hydrogen-bond donors (Lipinski definition) is 4. The highest BCUT2D eigenvalue weighted by molar-refractivity contribution is 5.96. The molecule has 1 saturated heterocycles. The van der Waals surface area contributed by atoms with Crippen LogP contribution < -0.4 is 10.7 Å². The summed E-state index contributed by atoms with van der Waals surface area (Å²) < 4.78 is 5.99. The normalized spacial score (nSPS) is 14.2. The van der Waals surface area contributed by atoms with Crippen molar-refractivity contribution in [2.24, 2.45) is 5.92 Å². The number of aryl methyl sites for hydroxylation is 1. The van der Waals surface area contributed by atoms with Crippen molar-refractivity contribution in [1.82, 2.24) is 10.2 Å². The molecule has 4 N–H and O–H groups in total. The number of phenols is 3. The number of halogens is 1. The van der Waals surface area contributed by atoms with Gasteiger partial charge < -0.3 is 25.1 Å².